The molecule has 3 nitrogen and oxygen atoms in total. The first-order valence-corrected chi connectivity index (χ1v) is 6.03. The predicted molar refractivity (Wildman–Crippen MR) is 67.9 cm³/mol. The Balaban J connectivity index is 2.04. The van der Waals surface area contributed by atoms with E-state index in [1.807, 2.05) is 26.8 Å². The van der Waals surface area contributed by atoms with Crippen LogP contribution in [0.15, 0.2) is 18.2 Å². The van der Waals surface area contributed by atoms with Gasteiger partial charge >= 0.3 is 0 Å². The summed E-state index contributed by atoms with van der Waals surface area (Å²) in [6.45, 7) is 6.85. The number of aromatic nitrogens is 2. The molecular formula is C12H15N3S. The minimum Gasteiger partial charge on any atom is -0.379 e. The average molecular weight is 233 g/mol. The summed E-state index contributed by atoms with van der Waals surface area (Å²) in [6.07, 6.45) is 0. The Morgan fingerprint density at radius 2 is 2.00 bits per heavy atom. The average Bonchev–Trinajstić information content (AvgIpc) is 2.63. The van der Waals surface area contributed by atoms with E-state index in [0.717, 1.165) is 29.3 Å². The van der Waals surface area contributed by atoms with Crippen molar-refractivity contribution in [1.82, 2.24) is 9.36 Å². The molecule has 0 radical (unpaired) electrons. The summed E-state index contributed by atoms with van der Waals surface area (Å²) in [5.41, 5.74) is 4.27. The van der Waals surface area contributed by atoms with Gasteiger partial charge in [0.25, 0.3) is 0 Å². The fourth-order valence-corrected chi connectivity index (χ4v) is 2.23. The van der Waals surface area contributed by atoms with Gasteiger partial charge in [-0.3, -0.25) is 4.98 Å². The number of nitrogens with zero attached hydrogens (tertiary/aromatic N) is 2. The van der Waals surface area contributed by atoms with E-state index in [9.17, 15) is 0 Å². The third kappa shape index (κ3) is 2.58. The molecule has 0 bridgehead atoms. The minimum atomic E-state index is 0.817. The molecule has 84 valence electrons. The molecule has 0 fully saturated rings. The number of aryl methyl sites for hydroxylation is 3. The summed E-state index contributed by atoms with van der Waals surface area (Å²) in [5.74, 6) is 0. The molecule has 0 saturated heterocycles. The SMILES string of the molecule is Cc1cc(CNc2ccc(C)nc2C)sn1. The smallest absolute Gasteiger partial charge is 0.0607 e. The summed E-state index contributed by atoms with van der Waals surface area (Å²) >= 11 is 1.54. The van der Waals surface area contributed by atoms with Gasteiger partial charge in [0, 0.05) is 10.6 Å². The van der Waals surface area contributed by atoms with Crippen molar-refractivity contribution < 1.29 is 0 Å². The van der Waals surface area contributed by atoms with E-state index < -0.39 is 0 Å². The van der Waals surface area contributed by atoms with E-state index in [0.29, 0.717) is 0 Å². The summed E-state index contributed by atoms with van der Waals surface area (Å²) in [7, 11) is 0. The molecule has 0 atom stereocenters. The van der Waals surface area contributed by atoms with Crippen molar-refractivity contribution >= 4 is 17.2 Å². The molecule has 16 heavy (non-hydrogen) atoms. The molecule has 0 aliphatic rings. The fraction of sp³-hybridized carbons (Fsp3) is 0.333. The monoisotopic (exact) mass is 233 g/mol. The Morgan fingerprint density at radius 1 is 1.19 bits per heavy atom. The van der Waals surface area contributed by atoms with Crippen LogP contribution >= 0.6 is 11.5 Å². The number of nitrogens with one attached hydrogen (secondary N) is 1. The van der Waals surface area contributed by atoms with Gasteiger partial charge in [0.05, 0.1) is 23.6 Å². The summed E-state index contributed by atoms with van der Waals surface area (Å²) in [6, 6.07) is 6.20. The number of anilines is 1. The molecule has 1 N–H and O–H groups in total. The Morgan fingerprint density at radius 3 is 2.62 bits per heavy atom. The van der Waals surface area contributed by atoms with E-state index in [1.165, 1.54) is 4.88 Å². The second kappa shape index (κ2) is 4.61. The number of rotatable bonds is 3. The molecule has 0 aliphatic carbocycles. The van der Waals surface area contributed by atoms with Crippen LogP contribution in [0.3, 0.4) is 0 Å². The molecule has 0 aromatic carbocycles. The lowest BCUT2D eigenvalue weighted by Gasteiger charge is -2.07. The molecular weight excluding hydrogens is 218 g/mol. The number of hydrogen-bond acceptors (Lipinski definition) is 4. The lowest BCUT2D eigenvalue weighted by Crippen LogP contribution is -2.01. The maximum atomic E-state index is 4.42. The topological polar surface area (TPSA) is 37.8 Å². The second-order valence-corrected chi connectivity index (χ2v) is 4.76. The Labute approximate surface area is 99.7 Å². The quantitative estimate of drug-likeness (QED) is 0.885. The molecule has 2 aromatic rings. The highest BCUT2D eigenvalue weighted by Crippen LogP contribution is 2.16. The molecule has 2 aromatic heterocycles. The largest absolute Gasteiger partial charge is 0.379 e. The summed E-state index contributed by atoms with van der Waals surface area (Å²) in [5, 5.41) is 3.38. The first-order chi connectivity index (χ1) is 7.65. The van der Waals surface area contributed by atoms with E-state index in [4.69, 9.17) is 0 Å². The highest BCUT2D eigenvalue weighted by molar-refractivity contribution is 7.05. The van der Waals surface area contributed by atoms with Crippen molar-refractivity contribution in [2.45, 2.75) is 27.3 Å². The zero-order chi connectivity index (χ0) is 11.5. The second-order valence-electron chi connectivity index (χ2n) is 3.87. The molecule has 0 spiro atoms. The molecule has 0 unspecified atom stereocenters. The standard InChI is InChI=1S/C12H15N3S/c1-8-4-5-12(10(3)14-8)13-7-11-6-9(2)15-16-11/h4-6,13H,7H2,1-3H3. The Kier molecular flexibility index (Phi) is 3.19. The first kappa shape index (κ1) is 11.1. The van der Waals surface area contributed by atoms with E-state index in [-0.39, 0.29) is 0 Å². The third-order valence-electron chi connectivity index (χ3n) is 2.35. The summed E-state index contributed by atoms with van der Waals surface area (Å²) < 4.78 is 4.25. The van der Waals surface area contributed by atoms with E-state index >= 15 is 0 Å². The van der Waals surface area contributed by atoms with Crippen molar-refractivity contribution in [3.05, 3.63) is 40.2 Å². The van der Waals surface area contributed by atoms with Crippen LogP contribution in [-0.2, 0) is 6.54 Å². The third-order valence-corrected chi connectivity index (χ3v) is 3.23. The van der Waals surface area contributed by atoms with Gasteiger partial charge < -0.3 is 5.32 Å². The molecule has 2 rings (SSSR count). The van der Waals surface area contributed by atoms with Crippen LogP contribution in [0, 0.1) is 20.8 Å². The van der Waals surface area contributed by atoms with Crippen LogP contribution < -0.4 is 5.32 Å². The van der Waals surface area contributed by atoms with Gasteiger partial charge in [-0.25, -0.2) is 0 Å². The van der Waals surface area contributed by atoms with Gasteiger partial charge in [-0.15, -0.1) is 0 Å². The van der Waals surface area contributed by atoms with Gasteiger partial charge in [0.15, 0.2) is 0 Å². The van der Waals surface area contributed by atoms with Crippen molar-refractivity contribution in [3.8, 4) is 0 Å². The number of pyridine rings is 1. The van der Waals surface area contributed by atoms with Crippen LogP contribution in [-0.4, -0.2) is 9.36 Å². The van der Waals surface area contributed by atoms with Gasteiger partial charge in [-0.2, -0.15) is 4.37 Å². The van der Waals surface area contributed by atoms with Crippen molar-refractivity contribution in [1.29, 1.82) is 0 Å². The van der Waals surface area contributed by atoms with Crippen molar-refractivity contribution in [3.63, 3.8) is 0 Å². The highest BCUT2D eigenvalue weighted by atomic mass is 32.1. The van der Waals surface area contributed by atoms with Gasteiger partial charge in [-0.05, 0) is 50.5 Å². The molecule has 0 amide bonds. The van der Waals surface area contributed by atoms with E-state index in [2.05, 4.69) is 26.8 Å². The van der Waals surface area contributed by atoms with Crippen molar-refractivity contribution in [2.24, 2.45) is 0 Å². The lowest BCUT2D eigenvalue weighted by atomic mass is 10.2. The maximum Gasteiger partial charge on any atom is 0.0607 e. The van der Waals surface area contributed by atoms with Gasteiger partial charge in [-0.1, -0.05) is 0 Å². The van der Waals surface area contributed by atoms with Gasteiger partial charge in [0.2, 0.25) is 0 Å². The normalized spacial score (nSPS) is 10.4. The van der Waals surface area contributed by atoms with E-state index in [1.54, 1.807) is 11.5 Å². The zero-order valence-corrected chi connectivity index (χ0v) is 10.6. The van der Waals surface area contributed by atoms with Crippen LogP contribution in [0.1, 0.15) is 22.0 Å². The molecule has 4 heteroatoms. The Bertz CT molecular complexity index is 491. The van der Waals surface area contributed by atoms with Crippen molar-refractivity contribution in [2.75, 3.05) is 5.32 Å². The molecule has 0 saturated carbocycles. The molecule has 0 aliphatic heterocycles. The Hall–Kier alpha value is -1.42. The van der Waals surface area contributed by atoms with Crippen LogP contribution in [0.4, 0.5) is 5.69 Å². The predicted octanol–water partition coefficient (Wildman–Crippen LogP) is 3.08. The minimum absolute atomic E-state index is 0.817. The highest BCUT2D eigenvalue weighted by Gasteiger charge is 2.01. The zero-order valence-electron chi connectivity index (χ0n) is 9.74. The maximum absolute atomic E-state index is 4.42. The number of hydrogen-bond donors (Lipinski definition) is 1. The fourth-order valence-electron chi connectivity index (χ4n) is 1.56. The van der Waals surface area contributed by atoms with Crippen LogP contribution in [0.25, 0.3) is 0 Å². The first-order valence-electron chi connectivity index (χ1n) is 5.25. The molecule has 2 heterocycles. The van der Waals surface area contributed by atoms with Crippen LogP contribution in [0.2, 0.25) is 0 Å². The van der Waals surface area contributed by atoms with Crippen LogP contribution in [0.5, 0.6) is 0 Å². The summed E-state index contributed by atoms with van der Waals surface area (Å²) in [4.78, 5) is 5.66. The lowest BCUT2D eigenvalue weighted by molar-refractivity contribution is 1.09. The van der Waals surface area contributed by atoms with Gasteiger partial charge in [0.1, 0.15) is 0 Å².